The molecule has 0 fully saturated rings. The van der Waals surface area contributed by atoms with E-state index in [0.717, 1.165) is 11.1 Å². The number of nitrogens with one attached hydrogen (secondary N) is 1. The van der Waals surface area contributed by atoms with Crippen molar-refractivity contribution in [1.29, 1.82) is 0 Å². The zero-order chi connectivity index (χ0) is 15.6. The van der Waals surface area contributed by atoms with Gasteiger partial charge in [-0.25, -0.2) is 0 Å². The normalized spacial score (nSPS) is 12.0. The van der Waals surface area contributed by atoms with E-state index in [1.807, 2.05) is 26.0 Å². The molecule has 0 aliphatic heterocycles. The molecule has 0 aromatic heterocycles. The minimum Gasteiger partial charge on any atom is -0.508 e. The summed E-state index contributed by atoms with van der Waals surface area (Å²) in [5, 5.41) is 13.5. The minimum absolute atomic E-state index is 0.133. The number of amides is 1. The standard InChI is InChI=1S/C16H17ClN2O2/c1-9-3-6-15(20)12(7-9)10(2)19-11-4-5-14(17)13(8-11)16(18)21/h3-8,10,19-20H,1-2H3,(H2,18,21). The van der Waals surface area contributed by atoms with Gasteiger partial charge in [-0.05, 0) is 38.1 Å². The second-order valence-corrected chi connectivity index (χ2v) is 5.39. The molecule has 21 heavy (non-hydrogen) atoms. The molecule has 5 heteroatoms. The smallest absolute Gasteiger partial charge is 0.250 e. The fraction of sp³-hybridized carbons (Fsp3) is 0.188. The summed E-state index contributed by atoms with van der Waals surface area (Å²) in [6.45, 7) is 3.89. The molecule has 2 aromatic carbocycles. The molecule has 110 valence electrons. The average molecular weight is 305 g/mol. The molecule has 0 bridgehead atoms. The van der Waals surface area contributed by atoms with Gasteiger partial charge in [-0.3, -0.25) is 4.79 Å². The predicted molar refractivity (Wildman–Crippen MR) is 84.9 cm³/mol. The predicted octanol–water partition coefficient (Wildman–Crippen LogP) is 3.63. The molecule has 0 aliphatic rings. The first-order chi connectivity index (χ1) is 9.88. The Morgan fingerprint density at radius 1 is 1.29 bits per heavy atom. The molecular weight excluding hydrogens is 288 g/mol. The number of phenolic OH excluding ortho intramolecular Hbond substituents is 1. The molecule has 0 aliphatic carbocycles. The summed E-state index contributed by atoms with van der Waals surface area (Å²) in [6, 6.07) is 10.3. The molecule has 0 saturated heterocycles. The SMILES string of the molecule is Cc1ccc(O)c(C(C)Nc2ccc(Cl)c(C(N)=O)c2)c1. The molecule has 1 atom stereocenters. The van der Waals surface area contributed by atoms with Gasteiger partial charge in [0, 0.05) is 11.3 Å². The van der Waals surface area contributed by atoms with Crippen LogP contribution in [-0.4, -0.2) is 11.0 Å². The highest BCUT2D eigenvalue weighted by Gasteiger charge is 2.13. The first-order valence-corrected chi connectivity index (χ1v) is 6.91. The van der Waals surface area contributed by atoms with Gasteiger partial charge in [-0.1, -0.05) is 29.3 Å². The lowest BCUT2D eigenvalue weighted by Crippen LogP contribution is -2.13. The second kappa shape index (κ2) is 6.06. The summed E-state index contributed by atoms with van der Waals surface area (Å²) < 4.78 is 0. The van der Waals surface area contributed by atoms with E-state index < -0.39 is 5.91 Å². The molecule has 1 amide bonds. The highest BCUT2D eigenvalue weighted by molar-refractivity contribution is 6.33. The molecule has 4 nitrogen and oxygen atoms in total. The monoisotopic (exact) mass is 304 g/mol. The first-order valence-electron chi connectivity index (χ1n) is 6.54. The van der Waals surface area contributed by atoms with Gasteiger partial charge < -0.3 is 16.2 Å². The van der Waals surface area contributed by atoms with Crippen LogP contribution in [0.3, 0.4) is 0 Å². The summed E-state index contributed by atoms with van der Waals surface area (Å²) in [5.41, 5.74) is 8.10. The summed E-state index contributed by atoms with van der Waals surface area (Å²) in [5.74, 6) is -0.348. The highest BCUT2D eigenvalue weighted by atomic mass is 35.5. The van der Waals surface area contributed by atoms with E-state index in [0.29, 0.717) is 10.7 Å². The average Bonchev–Trinajstić information content (AvgIpc) is 2.43. The van der Waals surface area contributed by atoms with Crippen molar-refractivity contribution in [1.82, 2.24) is 0 Å². The van der Waals surface area contributed by atoms with Crippen molar-refractivity contribution in [2.45, 2.75) is 19.9 Å². The van der Waals surface area contributed by atoms with E-state index in [2.05, 4.69) is 5.32 Å². The van der Waals surface area contributed by atoms with Crippen molar-refractivity contribution < 1.29 is 9.90 Å². The maximum atomic E-state index is 11.3. The zero-order valence-corrected chi connectivity index (χ0v) is 12.6. The molecule has 2 rings (SSSR count). The van der Waals surface area contributed by atoms with Crippen molar-refractivity contribution in [3.63, 3.8) is 0 Å². The van der Waals surface area contributed by atoms with Crippen LogP contribution in [0.25, 0.3) is 0 Å². The number of hydrogen-bond donors (Lipinski definition) is 3. The number of rotatable bonds is 4. The van der Waals surface area contributed by atoms with Gasteiger partial charge in [0.05, 0.1) is 16.6 Å². The topological polar surface area (TPSA) is 75.3 Å². The highest BCUT2D eigenvalue weighted by Crippen LogP contribution is 2.29. The fourth-order valence-corrected chi connectivity index (χ4v) is 2.36. The van der Waals surface area contributed by atoms with Gasteiger partial charge >= 0.3 is 0 Å². The van der Waals surface area contributed by atoms with Crippen LogP contribution in [0.4, 0.5) is 5.69 Å². The Morgan fingerprint density at radius 3 is 2.67 bits per heavy atom. The fourth-order valence-electron chi connectivity index (χ4n) is 2.15. The second-order valence-electron chi connectivity index (χ2n) is 4.99. The van der Waals surface area contributed by atoms with E-state index in [1.54, 1.807) is 24.3 Å². The van der Waals surface area contributed by atoms with E-state index in [4.69, 9.17) is 17.3 Å². The number of aryl methyl sites for hydroxylation is 1. The number of aromatic hydroxyl groups is 1. The van der Waals surface area contributed by atoms with E-state index >= 15 is 0 Å². The number of hydrogen-bond acceptors (Lipinski definition) is 3. The van der Waals surface area contributed by atoms with Gasteiger partial charge in [0.1, 0.15) is 5.75 Å². The first kappa shape index (κ1) is 15.2. The molecule has 1 unspecified atom stereocenters. The van der Waals surface area contributed by atoms with E-state index in [9.17, 15) is 9.90 Å². The van der Waals surface area contributed by atoms with Gasteiger partial charge in [0.15, 0.2) is 0 Å². The van der Waals surface area contributed by atoms with Gasteiger partial charge in [-0.15, -0.1) is 0 Å². The lowest BCUT2D eigenvalue weighted by Gasteiger charge is -2.18. The molecular formula is C16H17ClN2O2. The Hall–Kier alpha value is -2.20. The van der Waals surface area contributed by atoms with Crippen LogP contribution in [0.15, 0.2) is 36.4 Å². The Bertz CT molecular complexity index is 686. The molecule has 0 radical (unpaired) electrons. The minimum atomic E-state index is -0.574. The van der Waals surface area contributed by atoms with Gasteiger partial charge in [0.2, 0.25) is 5.91 Å². The summed E-state index contributed by atoms with van der Waals surface area (Å²) in [4.78, 5) is 11.3. The number of anilines is 1. The summed E-state index contributed by atoms with van der Waals surface area (Å²) >= 11 is 5.92. The third-order valence-electron chi connectivity index (χ3n) is 3.26. The molecule has 0 heterocycles. The quantitative estimate of drug-likeness (QED) is 0.807. The van der Waals surface area contributed by atoms with E-state index in [1.165, 1.54) is 0 Å². The number of carbonyl (C=O) groups is 1. The Labute approximate surface area is 128 Å². The van der Waals surface area contributed by atoms with Crippen molar-refractivity contribution in [3.05, 3.63) is 58.1 Å². The number of carbonyl (C=O) groups excluding carboxylic acids is 1. The number of halogens is 1. The molecule has 0 saturated carbocycles. The van der Waals surface area contributed by atoms with Crippen LogP contribution >= 0.6 is 11.6 Å². The maximum Gasteiger partial charge on any atom is 0.250 e. The van der Waals surface area contributed by atoms with Crippen LogP contribution in [0.2, 0.25) is 5.02 Å². The molecule has 0 spiro atoms. The van der Waals surface area contributed by atoms with Crippen LogP contribution in [-0.2, 0) is 0 Å². The third kappa shape index (κ3) is 3.47. The number of phenols is 1. The Balaban J connectivity index is 2.27. The molecule has 4 N–H and O–H groups in total. The van der Waals surface area contributed by atoms with Gasteiger partial charge in [-0.2, -0.15) is 0 Å². The summed E-state index contributed by atoms with van der Waals surface area (Å²) in [7, 11) is 0. The van der Waals surface area contributed by atoms with Crippen LogP contribution in [0.5, 0.6) is 5.75 Å². The van der Waals surface area contributed by atoms with Crippen LogP contribution < -0.4 is 11.1 Å². The summed E-state index contributed by atoms with van der Waals surface area (Å²) in [6.07, 6.45) is 0. The van der Waals surface area contributed by atoms with Crippen molar-refractivity contribution in [2.75, 3.05) is 5.32 Å². The Morgan fingerprint density at radius 2 is 2.00 bits per heavy atom. The van der Waals surface area contributed by atoms with Gasteiger partial charge in [0.25, 0.3) is 0 Å². The third-order valence-corrected chi connectivity index (χ3v) is 3.59. The number of primary amides is 1. The molecule has 2 aromatic rings. The lowest BCUT2D eigenvalue weighted by atomic mass is 10.0. The lowest BCUT2D eigenvalue weighted by molar-refractivity contribution is 0.100. The Kier molecular flexibility index (Phi) is 4.38. The maximum absolute atomic E-state index is 11.3. The van der Waals surface area contributed by atoms with Crippen LogP contribution in [0.1, 0.15) is 34.5 Å². The zero-order valence-electron chi connectivity index (χ0n) is 11.9. The van der Waals surface area contributed by atoms with Crippen molar-refractivity contribution in [2.24, 2.45) is 5.73 Å². The van der Waals surface area contributed by atoms with Crippen molar-refractivity contribution >= 4 is 23.2 Å². The van der Waals surface area contributed by atoms with Crippen LogP contribution in [0, 0.1) is 6.92 Å². The van der Waals surface area contributed by atoms with E-state index in [-0.39, 0.29) is 17.4 Å². The number of benzene rings is 2. The van der Waals surface area contributed by atoms with Crippen molar-refractivity contribution in [3.8, 4) is 5.75 Å². The number of nitrogens with two attached hydrogens (primary N) is 1. The largest absolute Gasteiger partial charge is 0.508 e.